The van der Waals surface area contributed by atoms with Crippen LogP contribution in [0.25, 0.3) is 21.8 Å². The van der Waals surface area contributed by atoms with E-state index in [1.807, 2.05) is 121 Å². The van der Waals surface area contributed by atoms with Crippen LogP contribution in [0.2, 0.25) is 0 Å². The molecule has 0 aliphatic rings. The topological polar surface area (TPSA) is 75.2 Å². The minimum absolute atomic E-state index is 0.00607. The lowest BCUT2D eigenvalue weighted by molar-refractivity contribution is 0.411. The summed E-state index contributed by atoms with van der Waals surface area (Å²) in [5.41, 5.74) is 3.71. The van der Waals surface area contributed by atoms with Gasteiger partial charge in [-0.05, 0) is 91.8 Å². The van der Waals surface area contributed by atoms with Crippen molar-refractivity contribution in [3.05, 3.63) is 81.0 Å². The van der Waals surface area contributed by atoms with Gasteiger partial charge >= 0.3 is 0 Å². The number of nitrogens with zero attached hydrogens (tertiary/aromatic N) is 3. The number of halogens is 2. The van der Waals surface area contributed by atoms with Crippen molar-refractivity contribution in [2.45, 2.75) is 77.0 Å². The molecule has 10 heteroatoms. The maximum atomic E-state index is 12.5. The van der Waals surface area contributed by atoms with Gasteiger partial charge in [0.25, 0.3) is 0 Å². The predicted molar refractivity (Wildman–Crippen MR) is 182 cm³/mol. The Kier molecular flexibility index (Phi) is 11.4. The van der Waals surface area contributed by atoms with Crippen molar-refractivity contribution in [2.75, 3.05) is 7.05 Å². The summed E-state index contributed by atoms with van der Waals surface area (Å²) in [6.45, 7) is 15.8. The molecule has 0 aliphatic carbocycles. The predicted octanol–water partition coefficient (Wildman–Crippen LogP) is 8.56. The molecular weight excluding hydrogens is 684 g/mol. The first kappa shape index (κ1) is 33.9. The number of fused-ring (bicyclic) bond motifs is 2. The third-order valence-corrected chi connectivity index (χ3v) is 10.9. The molecule has 0 spiro atoms. The Hall–Kier alpha value is -1.56. The summed E-state index contributed by atoms with van der Waals surface area (Å²) in [5.74, 6) is 0. The van der Waals surface area contributed by atoms with Gasteiger partial charge < -0.3 is 0 Å². The molecular formula is C31H40Br2N4O2S2. The first-order chi connectivity index (χ1) is 19.0. The number of nitrogens with one attached hydrogen (secondary N) is 1. The van der Waals surface area contributed by atoms with Gasteiger partial charge in [0.15, 0.2) is 0 Å². The Balaban J connectivity index is 0.000000226. The molecule has 2 aromatic carbocycles. The molecule has 41 heavy (non-hydrogen) atoms. The standard InChI is InChI=1S/C16H21BrN2OS.C15H19BrN2OS/c1-11(19(5)21(20)16(2,3)4)14-9-7-12-6-8-13(17)10-15(12)18-14;1-10(18-20(19)15(2,3)4)13-8-6-11-5-7-12(16)9-14(11)17-13/h6-11H,1-5H3;5-10,18H,1-4H3/t11-,21-;10-,20-/m11/s1. The second-order valence-corrected chi connectivity index (χ2v) is 18.1. The lowest BCUT2D eigenvalue weighted by atomic mass is 10.1. The third-order valence-electron chi connectivity index (χ3n) is 6.39. The minimum Gasteiger partial charge on any atom is -0.251 e. The number of hydrogen-bond acceptors (Lipinski definition) is 4. The average molecular weight is 725 g/mol. The third kappa shape index (κ3) is 9.21. The number of hydrogen-bond donors (Lipinski definition) is 1. The fraction of sp³-hybridized carbons (Fsp3) is 0.419. The molecule has 4 atom stereocenters. The van der Waals surface area contributed by atoms with Gasteiger partial charge in [-0.2, -0.15) is 0 Å². The summed E-state index contributed by atoms with van der Waals surface area (Å²) < 4.78 is 31.1. The molecule has 0 saturated heterocycles. The summed E-state index contributed by atoms with van der Waals surface area (Å²) in [6.07, 6.45) is 0. The van der Waals surface area contributed by atoms with E-state index >= 15 is 0 Å². The smallest absolute Gasteiger partial charge is 0.100 e. The lowest BCUT2D eigenvalue weighted by Gasteiger charge is -2.30. The van der Waals surface area contributed by atoms with E-state index in [-0.39, 0.29) is 21.6 Å². The van der Waals surface area contributed by atoms with Crippen molar-refractivity contribution >= 4 is 75.6 Å². The van der Waals surface area contributed by atoms with Crippen molar-refractivity contribution in [3.8, 4) is 0 Å². The highest BCUT2D eigenvalue weighted by molar-refractivity contribution is 9.10. The van der Waals surface area contributed by atoms with Crippen molar-refractivity contribution in [2.24, 2.45) is 0 Å². The number of rotatable bonds is 6. The van der Waals surface area contributed by atoms with Crippen molar-refractivity contribution in [3.63, 3.8) is 0 Å². The normalized spacial score (nSPS) is 15.3. The molecule has 0 bridgehead atoms. The van der Waals surface area contributed by atoms with Crippen LogP contribution < -0.4 is 4.72 Å². The number of benzene rings is 2. The van der Waals surface area contributed by atoms with E-state index in [4.69, 9.17) is 4.98 Å². The number of aromatic nitrogens is 2. The highest BCUT2D eigenvalue weighted by Gasteiger charge is 2.28. The molecule has 2 heterocycles. The molecule has 0 unspecified atom stereocenters. The largest absolute Gasteiger partial charge is 0.251 e. The van der Waals surface area contributed by atoms with Crippen LogP contribution in [-0.2, 0) is 22.0 Å². The molecule has 2 aromatic heterocycles. The molecule has 0 aliphatic heterocycles. The van der Waals surface area contributed by atoms with E-state index in [1.165, 1.54) is 0 Å². The Morgan fingerprint density at radius 3 is 1.63 bits per heavy atom. The van der Waals surface area contributed by atoms with Crippen LogP contribution in [0, 0.1) is 0 Å². The van der Waals surface area contributed by atoms with Crippen LogP contribution in [0.3, 0.4) is 0 Å². The van der Waals surface area contributed by atoms with Crippen molar-refractivity contribution in [1.29, 1.82) is 0 Å². The zero-order valence-electron chi connectivity index (χ0n) is 25.2. The van der Waals surface area contributed by atoms with Crippen molar-refractivity contribution < 1.29 is 8.42 Å². The Bertz CT molecular complexity index is 1570. The highest BCUT2D eigenvalue weighted by atomic mass is 79.9. The molecule has 0 saturated carbocycles. The van der Waals surface area contributed by atoms with E-state index in [9.17, 15) is 8.42 Å². The first-order valence-corrected chi connectivity index (χ1v) is 17.3. The first-order valence-electron chi connectivity index (χ1n) is 13.4. The summed E-state index contributed by atoms with van der Waals surface area (Å²) in [6, 6.07) is 20.1. The highest BCUT2D eigenvalue weighted by Crippen LogP contribution is 2.27. The zero-order valence-corrected chi connectivity index (χ0v) is 30.0. The Morgan fingerprint density at radius 2 is 1.17 bits per heavy atom. The minimum atomic E-state index is -1.11. The van der Waals surface area contributed by atoms with Crippen LogP contribution in [0.4, 0.5) is 0 Å². The molecule has 0 radical (unpaired) electrons. The van der Waals surface area contributed by atoms with Crippen LogP contribution in [0.5, 0.6) is 0 Å². The van der Waals surface area contributed by atoms with Gasteiger partial charge in [0, 0.05) is 26.8 Å². The molecule has 0 amide bonds. The van der Waals surface area contributed by atoms with Gasteiger partial charge in [0.1, 0.15) is 11.0 Å². The summed E-state index contributed by atoms with van der Waals surface area (Å²) in [4.78, 5) is 9.36. The lowest BCUT2D eigenvalue weighted by Crippen LogP contribution is -2.36. The van der Waals surface area contributed by atoms with Crippen LogP contribution in [-0.4, -0.2) is 39.2 Å². The molecule has 1 N–H and O–H groups in total. The van der Waals surface area contributed by atoms with Crippen LogP contribution >= 0.6 is 31.9 Å². The Morgan fingerprint density at radius 1 is 0.732 bits per heavy atom. The molecule has 4 rings (SSSR count). The second kappa shape index (κ2) is 13.8. The fourth-order valence-corrected chi connectivity index (χ4v) is 6.60. The number of pyridine rings is 2. The van der Waals surface area contributed by atoms with Gasteiger partial charge in [0.05, 0.1) is 55.0 Å². The van der Waals surface area contributed by atoms with E-state index in [1.54, 1.807) is 0 Å². The second-order valence-electron chi connectivity index (χ2n) is 12.0. The maximum Gasteiger partial charge on any atom is 0.100 e. The van der Waals surface area contributed by atoms with Gasteiger partial charge in [-0.1, -0.05) is 56.1 Å². The van der Waals surface area contributed by atoms with E-state index in [0.717, 1.165) is 42.1 Å². The quantitative estimate of drug-likeness (QED) is 0.216. The fourth-order valence-electron chi connectivity index (χ4n) is 3.85. The summed E-state index contributed by atoms with van der Waals surface area (Å²) >= 11 is 6.93. The molecule has 0 fully saturated rings. The van der Waals surface area contributed by atoms with Gasteiger partial charge in [-0.3, -0.25) is 9.97 Å². The average Bonchev–Trinajstić information content (AvgIpc) is 2.90. The zero-order chi connectivity index (χ0) is 30.7. The van der Waals surface area contributed by atoms with Crippen LogP contribution in [0.1, 0.15) is 78.9 Å². The molecule has 6 nitrogen and oxygen atoms in total. The summed E-state index contributed by atoms with van der Waals surface area (Å²) in [7, 11) is -0.284. The summed E-state index contributed by atoms with van der Waals surface area (Å²) in [5, 5.41) is 2.20. The molecule has 4 aromatic rings. The van der Waals surface area contributed by atoms with Gasteiger partial charge in [-0.25, -0.2) is 17.4 Å². The SMILES string of the molecule is C[C@@H](N[S@](=O)C(C)(C)C)c1ccc2ccc(Br)cc2n1.C[C@H](c1ccc2ccc(Br)cc2n1)N(C)[S@](=O)C(C)(C)C. The van der Waals surface area contributed by atoms with Crippen LogP contribution in [0.15, 0.2) is 69.6 Å². The van der Waals surface area contributed by atoms with Gasteiger partial charge in [-0.15, -0.1) is 0 Å². The molecule has 222 valence electrons. The monoisotopic (exact) mass is 722 g/mol. The van der Waals surface area contributed by atoms with Gasteiger partial charge in [0.2, 0.25) is 0 Å². The van der Waals surface area contributed by atoms with E-state index in [2.05, 4.69) is 47.6 Å². The van der Waals surface area contributed by atoms with E-state index < -0.39 is 22.0 Å². The maximum absolute atomic E-state index is 12.5. The van der Waals surface area contributed by atoms with Crippen molar-refractivity contribution in [1.82, 2.24) is 19.0 Å². The Labute approximate surface area is 266 Å². The van der Waals surface area contributed by atoms with E-state index in [0.29, 0.717) is 0 Å².